The number of hydrogen-bond acceptors (Lipinski definition) is 6. The van der Waals surface area contributed by atoms with E-state index in [-0.39, 0.29) is 10.9 Å². The Balaban J connectivity index is 1.49. The zero-order valence-corrected chi connectivity index (χ0v) is 17.1. The van der Waals surface area contributed by atoms with Crippen molar-refractivity contribution < 1.29 is 17.6 Å². The van der Waals surface area contributed by atoms with Gasteiger partial charge in [-0.05, 0) is 24.6 Å². The van der Waals surface area contributed by atoms with Gasteiger partial charge in [-0.2, -0.15) is 14.4 Å². The smallest absolute Gasteiger partial charge is 0.301 e. The molecule has 4 aromatic rings. The molecule has 9 nitrogen and oxygen atoms in total. The van der Waals surface area contributed by atoms with E-state index in [1.165, 1.54) is 13.3 Å². The van der Waals surface area contributed by atoms with Crippen LogP contribution < -0.4 is 5.32 Å². The number of H-pyrrole nitrogens is 1. The van der Waals surface area contributed by atoms with Gasteiger partial charge in [0.25, 0.3) is 0 Å². The summed E-state index contributed by atoms with van der Waals surface area (Å²) in [6.45, 7) is 1.39. The van der Waals surface area contributed by atoms with E-state index in [4.69, 9.17) is 4.42 Å². The number of aromatic amines is 1. The maximum Gasteiger partial charge on any atom is 0.301 e. The van der Waals surface area contributed by atoms with E-state index in [1.807, 2.05) is 36.4 Å². The van der Waals surface area contributed by atoms with Crippen molar-refractivity contribution >= 4 is 32.8 Å². The molecule has 2 heterocycles. The van der Waals surface area contributed by atoms with Crippen molar-refractivity contribution in [1.29, 1.82) is 0 Å². The maximum atomic E-state index is 13.0. The van der Waals surface area contributed by atoms with Gasteiger partial charge in [0, 0.05) is 18.0 Å². The Labute approximate surface area is 172 Å². The lowest BCUT2D eigenvalue weighted by Gasteiger charge is -2.17. The first kappa shape index (κ1) is 19.8. The average Bonchev–Trinajstić information content (AvgIpc) is 3.37. The molecule has 2 aromatic heterocycles. The first-order chi connectivity index (χ1) is 14.3. The Kier molecular flexibility index (Phi) is 5.10. The molecule has 10 heteroatoms. The van der Waals surface area contributed by atoms with E-state index in [9.17, 15) is 13.2 Å². The molecule has 0 saturated carbocycles. The number of rotatable bonds is 6. The number of hydrogen-bond donors (Lipinski definition) is 2. The number of amides is 1. The second-order valence-corrected chi connectivity index (χ2v) is 8.82. The molecule has 0 unspecified atom stereocenters. The Morgan fingerprint density at radius 3 is 2.77 bits per heavy atom. The maximum absolute atomic E-state index is 13.0. The molecule has 0 saturated heterocycles. The second-order valence-electron chi connectivity index (χ2n) is 6.81. The fourth-order valence-electron chi connectivity index (χ4n) is 3.06. The Morgan fingerprint density at radius 2 is 2.00 bits per heavy atom. The van der Waals surface area contributed by atoms with Crippen LogP contribution in [0.25, 0.3) is 22.2 Å². The van der Waals surface area contributed by atoms with Crippen molar-refractivity contribution in [3.05, 3.63) is 60.5 Å². The van der Waals surface area contributed by atoms with Gasteiger partial charge in [-0.15, -0.1) is 0 Å². The highest BCUT2D eigenvalue weighted by Gasteiger charge is 2.26. The molecule has 30 heavy (non-hydrogen) atoms. The number of aromatic nitrogens is 3. The van der Waals surface area contributed by atoms with Gasteiger partial charge in [-0.25, -0.2) is 8.42 Å². The molecule has 0 aliphatic carbocycles. The minimum atomic E-state index is -3.93. The number of nitrogens with one attached hydrogen (secondary N) is 2. The van der Waals surface area contributed by atoms with Crippen molar-refractivity contribution in [2.24, 2.45) is 0 Å². The van der Waals surface area contributed by atoms with Crippen LogP contribution in [0.4, 0.5) is 6.01 Å². The summed E-state index contributed by atoms with van der Waals surface area (Å²) in [5, 5.41) is 9.79. The van der Waals surface area contributed by atoms with E-state index >= 15 is 0 Å². The zero-order chi connectivity index (χ0) is 21.3. The van der Waals surface area contributed by atoms with Gasteiger partial charge in [0.15, 0.2) is 0 Å². The molecule has 0 atom stereocenters. The first-order valence-electron chi connectivity index (χ1n) is 9.05. The van der Waals surface area contributed by atoms with Gasteiger partial charge in [0.1, 0.15) is 16.9 Å². The summed E-state index contributed by atoms with van der Waals surface area (Å²) in [5.41, 5.74) is 2.57. The molecular formula is C20H19N5O4S. The summed E-state index contributed by atoms with van der Waals surface area (Å²) in [7, 11) is -2.60. The monoisotopic (exact) mass is 425 g/mol. The average molecular weight is 425 g/mol. The number of nitrogens with zero attached hydrogens (tertiary/aromatic N) is 3. The van der Waals surface area contributed by atoms with Crippen LogP contribution in [0.3, 0.4) is 0 Å². The lowest BCUT2D eigenvalue weighted by atomic mass is 10.2. The molecular weight excluding hydrogens is 406 g/mol. The Bertz CT molecular complexity index is 1310. The number of anilines is 1. The molecule has 0 aliphatic rings. The van der Waals surface area contributed by atoms with Crippen molar-refractivity contribution in [3.8, 4) is 11.3 Å². The lowest BCUT2D eigenvalue weighted by molar-refractivity contribution is -0.116. The van der Waals surface area contributed by atoms with Crippen LogP contribution in [0.2, 0.25) is 0 Å². The standard InChI is InChI=1S/C20H19N5O4S/c1-13-8-15-10-21-24-19(15)17(9-13)30(27,28)25(2)11-18(26)23-20-22-16(12-29-20)14-6-4-3-5-7-14/h3-10,12H,11H2,1-2H3,(H,21,24)(H,22,23,26). The molecule has 2 aromatic carbocycles. The third-order valence-corrected chi connectivity index (χ3v) is 6.36. The van der Waals surface area contributed by atoms with E-state index in [0.717, 1.165) is 15.4 Å². The predicted octanol–water partition coefficient (Wildman–Crippen LogP) is 2.79. The Morgan fingerprint density at radius 1 is 1.23 bits per heavy atom. The van der Waals surface area contributed by atoms with Gasteiger partial charge in [-0.3, -0.25) is 15.2 Å². The molecule has 0 bridgehead atoms. The molecule has 4 rings (SSSR count). The fourth-order valence-corrected chi connectivity index (χ4v) is 4.44. The highest BCUT2D eigenvalue weighted by Crippen LogP contribution is 2.25. The van der Waals surface area contributed by atoms with E-state index in [1.54, 1.807) is 19.2 Å². The molecule has 0 spiro atoms. The number of oxazole rings is 1. The molecule has 1 amide bonds. The fraction of sp³-hybridized carbons (Fsp3) is 0.150. The van der Waals surface area contributed by atoms with Gasteiger partial charge < -0.3 is 4.42 Å². The Hall–Kier alpha value is -3.50. The summed E-state index contributed by atoms with van der Waals surface area (Å²) >= 11 is 0. The van der Waals surface area contributed by atoms with Gasteiger partial charge >= 0.3 is 6.01 Å². The molecule has 154 valence electrons. The minimum absolute atomic E-state index is 0.00355. The van der Waals surface area contributed by atoms with Crippen LogP contribution in [-0.2, 0) is 14.8 Å². The quantitative estimate of drug-likeness (QED) is 0.490. The van der Waals surface area contributed by atoms with Crippen molar-refractivity contribution in [1.82, 2.24) is 19.5 Å². The number of benzene rings is 2. The van der Waals surface area contributed by atoms with Crippen molar-refractivity contribution in [2.45, 2.75) is 11.8 Å². The number of aryl methyl sites for hydroxylation is 1. The molecule has 0 fully saturated rings. The van der Waals surface area contributed by atoms with Crippen LogP contribution in [0.5, 0.6) is 0 Å². The SMILES string of the molecule is Cc1cc(S(=O)(=O)N(C)CC(=O)Nc2nc(-c3ccccc3)co2)c2[nH]ncc2c1. The van der Waals surface area contributed by atoms with Crippen LogP contribution in [0, 0.1) is 6.92 Å². The molecule has 0 radical (unpaired) electrons. The number of carbonyl (C=O) groups is 1. The van der Waals surface area contributed by atoms with Crippen molar-refractivity contribution in [2.75, 3.05) is 18.9 Å². The van der Waals surface area contributed by atoms with Crippen LogP contribution in [0.1, 0.15) is 5.56 Å². The zero-order valence-electron chi connectivity index (χ0n) is 16.3. The summed E-state index contributed by atoms with van der Waals surface area (Å²) in [6.07, 6.45) is 2.98. The third-order valence-electron chi connectivity index (χ3n) is 4.53. The summed E-state index contributed by atoms with van der Waals surface area (Å²) in [4.78, 5) is 16.7. The number of fused-ring (bicyclic) bond motifs is 1. The second kappa shape index (κ2) is 7.73. The highest BCUT2D eigenvalue weighted by molar-refractivity contribution is 7.89. The van der Waals surface area contributed by atoms with Crippen LogP contribution in [-0.4, -0.2) is 47.4 Å². The first-order valence-corrected chi connectivity index (χ1v) is 10.5. The van der Waals surface area contributed by atoms with Gasteiger partial charge in [0.2, 0.25) is 15.9 Å². The van der Waals surface area contributed by atoms with E-state index in [0.29, 0.717) is 16.6 Å². The highest BCUT2D eigenvalue weighted by atomic mass is 32.2. The molecule has 2 N–H and O–H groups in total. The third kappa shape index (κ3) is 3.82. The van der Waals surface area contributed by atoms with Gasteiger partial charge in [0.05, 0.1) is 18.3 Å². The lowest BCUT2D eigenvalue weighted by Crippen LogP contribution is -2.35. The van der Waals surface area contributed by atoms with Crippen LogP contribution in [0.15, 0.2) is 64.2 Å². The van der Waals surface area contributed by atoms with E-state index in [2.05, 4.69) is 20.5 Å². The topological polar surface area (TPSA) is 121 Å². The normalized spacial score (nSPS) is 11.8. The minimum Gasteiger partial charge on any atom is -0.431 e. The number of likely N-dealkylation sites (N-methyl/N-ethyl adjacent to an activating group) is 1. The largest absolute Gasteiger partial charge is 0.431 e. The van der Waals surface area contributed by atoms with Gasteiger partial charge in [-0.1, -0.05) is 30.3 Å². The van der Waals surface area contributed by atoms with Crippen LogP contribution >= 0.6 is 0 Å². The molecule has 0 aliphatic heterocycles. The number of sulfonamides is 1. The predicted molar refractivity (Wildman–Crippen MR) is 111 cm³/mol. The summed E-state index contributed by atoms with van der Waals surface area (Å²) in [5.74, 6) is -0.573. The number of carbonyl (C=O) groups excluding carboxylic acids is 1. The summed E-state index contributed by atoms with van der Waals surface area (Å²) < 4.78 is 32.3. The van der Waals surface area contributed by atoms with E-state index < -0.39 is 22.5 Å². The van der Waals surface area contributed by atoms with Crippen molar-refractivity contribution in [3.63, 3.8) is 0 Å². The summed E-state index contributed by atoms with van der Waals surface area (Å²) in [6, 6.07) is 12.7.